The van der Waals surface area contributed by atoms with Crippen LogP contribution in [0.5, 0.6) is 0 Å². The van der Waals surface area contributed by atoms with Crippen molar-refractivity contribution < 1.29 is 9.59 Å². The van der Waals surface area contributed by atoms with Gasteiger partial charge >= 0.3 is 0 Å². The second-order valence-electron chi connectivity index (χ2n) is 7.87. The number of fused-ring (bicyclic) bond motifs is 1. The van der Waals surface area contributed by atoms with Crippen molar-refractivity contribution >= 4 is 11.8 Å². The van der Waals surface area contributed by atoms with Crippen molar-refractivity contribution in [2.45, 2.75) is 51.1 Å². The first kappa shape index (κ1) is 18.7. The fourth-order valence-corrected chi connectivity index (χ4v) is 4.59. The van der Waals surface area contributed by atoms with E-state index in [0.29, 0.717) is 29.6 Å². The number of hydrogen-bond acceptors (Lipinski definition) is 3. The zero-order chi connectivity index (χ0) is 19.3. The minimum Gasteiger partial charge on any atom is -0.348 e. The molecule has 1 saturated heterocycles. The highest BCUT2D eigenvalue weighted by atomic mass is 16.2. The highest BCUT2D eigenvalue weighted by Crippen LogP contribution is 2.35. The first-order valence-corrected chi connectivity index (χ1v) is 10.3. The van der Waals surface area contributed by atoms with Gasteiger partial charge in [0.1, 0.15) is 0 Å². The van der Waals surface area contributed by atoms with E-state index in [2.05, 4.69) is 15.2 Å². The van der Waals surface area contributed by atoms with Gasteiger partial charge in [0.25, 0.3) is 11.8 Å². The summed E-state index contributed by atoms with van der Waals surface area (Å²) < 4.78 is 0. The van der Waals surface area contributed by atoms with Gasteiger partial charge in [0.2, 0.25) is 0 Å². The third kappa shape index (κ3) is 4.08. The van der Waals surface area contributed by atoms with Crippen LogP contribution < -0.4 is 5.32 Å². The van der Waals surface area contributed by atoms with Gasteiger partial charge in [0.15, 0.2) is 0 Å². The SMILES string of the molecule is O=C(NCc1cccnc1)c1ccc(C(=O)N2CCC[C@H]3CCCC[C@@H]32)cc1. The first-order chi connectivity index (χ1) is 13.7. The molecular formula is C23H27N3O2. The average molecular weight is 377 g/mol. The normalized spacial score (nSPS) is 21.6. The fraction of sp³-hybridized carbons (Fsp3) is 0.435. The maximum absolute atomic E-state index is 13.1. The summed E-state index contributed by atoms with van der Waals surface area (Å²) in [5.74, 6) is 0.635. The molecule has 0 spiro atoms. The lowest BCUT2D eigenvalue weighted by Crippen LogP contribution is -2.49. The van der Waals surface area contributed by atoms with Crippen LogP contribution in [-0.2, 0) is 6.54 Å². The molecule has 1 aliphatic carbocycles. The van der Waals surface area contributed by atoms with Crippen molar-refractivity contribution in [3.63, 3.8) is 0 Å². The average Bonchev–Trinajstić information content (AvgIpc) is 2.77. The summed E-state index contributed by atoms with van der Waals surface area (Å²) in [5.41, 5.74) is 2.19. The van der Waals surface area contributed by atoms with Crippen molar-refractivity contribution in [2.75, 3.05) is 6.54 Å². The van der Waals surface area contributed by atoms with E-state index in [-0.39, 0.29) is 11.8 Å². The van der Waals surface area contributed by atoms with Crippen molar-refractivity contribution in [3.05, 3.63) is 65.5 Å². The summed E-state index contributed by atoms with van der Waals surface area (Å²) in [6.45, 7) is 1.29. The quantitative estimate of drug-likeness (QED) is 0.881. The number of nitrogens with zero attached hydrogens (tertiary/aromatic N) is 2. The Labute approximate surface area is 166 Å². The van der Waals surface area contributed by atoms with Gasteiger partial charge in [-0.1, -0.05) is 18.9 Å². The number of benzene rings is 1. The minimum atomic E-state index is -0.145. The highest BCUT2D eigenvalue weighted by Gasteiger charge is 2.35. The van der Waals surface area contributed by atoms with E-state index in [0.717, 1.165) is 24.9 Å². The maximum Gasteiger partial charge on any atom is 0.254 e. The number of likely N-dealkylation sites (tertiary alicyclic amines) is 1. The molecule has 4 rings (SSSR count). The van der Waals surface area contributed by atoms with E-state index in [4.69, 9.17) is 0 Å². The lowest BCUT2D eigenvalue weighted by molar-refractivity contribution is 0.0390. The molecule has 2 fully saturated rings. The monoisotopic (exact) mass is 377 g/mol. The fourth-order valence-electron chi connectivity index (χ4n) is 4.59. The zero-order valence-corrected chi connectivity index (χ0v) is 16.1. The summed E-state index contributed by atoms with van der Waals surface area (Å²) in [5, 5.41) is 2.89. The Balaban J connectivity index is 1.39. The predicted molar refractivity (Wildman–Crippen MR) is 108 cm³/mol. The van der Waals surface area contributed by atoms with E-state index >= 15 is 0 Å². The van der Waals surface area contributed by atoms with Gasteiger partial charge in [-0.25, -0.2) is 0 Å². The minimum absolute atomic E-state index is 0.110. The molecule has 1 aliphatic heterocycles. The van der Waals surface area contributed by atoms with Gasteiger partial charge in [-0.3, -0.25) is 14.6 Å². The molecule has 0 unspecified atom stereocenters. The molecule has 1 aromatic carbocycles. The molecule has 1 N–H and O–H groups in total. The second-order valence-corrected chi connectivity index (χ2v) is 7.87. The highest BCUT2D eigenvalue weighted by molar-refractivity contribution is 5.98. The molecule has 5 heteroatoms. The number of nitrogens with one attached hydrogen (secondary N) is 1. The molecular weight excluding hydrogens is 350 g/mol. The second kappa shape index (κ2) is 8.55. The third-order valence-corrected chi connectivity index (χ3v) is 6.07. The molecule has 2 aliphatic rings. The summed E-state index contributed by atoms with van der Waals surface area (Å²) in [7, 11) is 0. The van der Waals surface area contributed by atoms with E-state index in [9.17, 15) is 9.59 Å². The number of amides is 2. The van der Waals surface area contributed by atoms with Crippen molar-refractivity contribution in [3.8, 4) is 0 Å². The molecule has 2 aromatic rings. The Hall–Kier alpha value is -2.69. The summed E-state index contributed by atoms with van der Waals surface area (Å²) in [6, 6.07) is 11.2. The van der Waals surface area contributed by atoms with Gasteiger partial charge in [0.05, 0.1) is 0 Å². The van der Waals surface area contributed by atoms with Crippen LogP contribution in [0.15, 0.2) is 48.8 Å². The van der Waals surface area contributed by atoms with Crippen molar-refractivity contribution in [1.82, 2.24) is 15.2 Å². The number of rotatable bonds is 4. The van der Waals surface area contributed by atoms with Crippen LogP contribution in [0, 0.1) is 5.92 Å². The molecule has 1 aromatic heterocycles. The van der Waals surface area contributed by atoms with E-state index in [1.54, 1.807) is 36.7 Å². The molecule has 1 saturated carbocycles. The predicted octanol–water partition coefficient (Wildman–Crippen LogP) is 3.81. The topological polar surface area (TPSA) is 62.3 Å². The Kier molecular flexibility index (Phi) is 5.70. The van der Waals surface area contributed by atoms with E-state index in [1.807, 2.05) is 12.1 Å². The van der Waals surface area contributed by atoms with Crippen LogP contribution in [0.2, 0.25) is 0 Å². The summed E-state index contributed by atoms with van der Waals surface area (Å²) >= 11 is 0. The Morgan fingerprint density at radius 3 is 2.54 bits per heavy atom. The largest absolute Gasteiger partial charge is 0.348 e. The zero-order valence-electron chi connectivity index (χ0n) is 16.1. The Morgan fingerprint density at radius 2 is 1.75 bits per heavy atom. The standard InChI is InChI=1S/C23H27N3O2/c27-22(25-16-17-5-3-13-24-15-17)19-9-11-20(12-10-19)23(28)26-14-4-7-18-6-1-2-8-21(18)26/h3,5,9-13,15,18,21H,1-2,4,6-8,14,16H2,(H,25,27)/t18-,21+/m1/s1. The van der Waals surface area contributed by atoms with Gasteiger partial charge in [-0.05, 0) is 67.5 Å². The van der Waals surface area contributed by atoms with Crippen LogP contribution in [0.25, 0.3) is 0 Å². The van der Waals surface area contributed by atoms with E-state index in [1.165, 1.54) is 25.7 Å². The lowest BCUT2D eigenvalue weighted by Gasteiger charge is -2.44. The molecule has 2 heterocycles. The number of pyridine rings is 1. The number of carbonyl (C=O) groups excluding carboxylic acids is 2. The first-order valence-electron chi connectivity index (χ1n) is 10.3. The number of hydrogen-bond donors (Lipinski definition) is 1. The van der Waals surface area contributed by atoms with Crippen LogP contribution in [0.1, 0.15) is 64.8 Å². The molecule has 146 valence electrons. The summed E-state index contributed by atoms with van der Waals surface area (Å²) in [4.78, 5) is 31.6. The molecule has 28 heavy (non-hydrogen) atoms. The summed E-state index contributed by atoms with van der Waals surface area (Å²) in [6.07, 6.45) is 10.7. The maximum atomic E-state index is 13.1. The van der Waals surface area contributed by atoms with Gasteiger partial charge in [0, 0.05) is 42.7 Å². The lowest BCUT2D eigenvalue weighted by atomic mass is 9.78. The molecule has 0 radical (unpaired) electrons. The van der Waals surface area contributed by atoms with Crippen LogP contribution in [0.4, 0.5) is 0 Å². The van der Waals surface area contributed by atoms with Crippen LogP contribution in [0.3, 0.4) is 0 Å². The molecule has 0 bridgehead atoms. The van der Waals surface area contributed by atoms with Crippen molar-refractivity contribution in [1.29, 1.82) is 0 Å². The molecule has 5 nitrogen and oxygen atoms in total. The Bertz CT molecular complexity index is 818. The van der Waals surface area contributed by atoms with Crippen LogP contribution >= 0.6 is 0 Å². The third-order valence-electron chi connectivity index (χ3n) is 6.07. The van der Waals surface area contributed by atoms with Crippen LogP contribution in [-0.4, -0.2) is 34.3 Å². The van der Waals surface area contributed by atoms with Crippen molar-refractivity contribution in [2.24, 2.45) is 5.92 Å². The Morgan fingerprint density at radius 1 is 1.00 bits per heavy atom. The van der Waals surface area contributed by atoms with Gasteiger partial charge in [-0.2, -0.15) is 0 Å². The van der Waals surface area contributed by atoms with Gasteiger partial charge in [-0.15, -0.1) is 0 Å². The number of carbonyl (C=O) groups is 2. The molecule has 2 amide bonds. The number of piperidine rings is 1. The number of aromatic nitrogens is 1. The van der Waals surface area contributed by atoms with Gasteiger partial charge < -0.3 is 10.2 Å². The smallest absolute Gasteiger partial charge is 0.254 e. The molecule has 2 atom stereocenters. The van der Waals surface area contributed by atoms with E-state index < -0.39 is 0 Å².